The summed E-state index contributed by atoms with van der Waals surface area (Å²) in [6.07, 6.45) is 0. The molecule has 16 heavy (non-hydrogen) atoms. The number of nitrogens with one attached hydrogen (secondary N) is 1. The number of benzene rings is 1. The number of fused-ring (bicyclic) bond motifs is 1. The lowest BCUT2D eigenvalue weighted by atomic mass is 10.2. The first kappa shape index (κ1) is 11.0. The smallest absolute Gasteiger partial charge is 0.352 e. The van der Waals surface area contributed by atoms with Gasteiger partial charge in [0.15, 0.2) is 5.43 Å². The van der Waals surface area contributed by atoms with Crippen molar-refractivity contribution in [1.29, 1.82) is 0 Å². The Labute approximate surface area is 99.4 Å². The van der Waals surface area contributed by atoms with E-state index < -0.39 is 11.4 Å². The fraction of sp³-hybridized carbons (Fsp3) is 0. The highest BCUT2D eigenvalue weighted by Gasteiger charge is 2.12. The number of H-pyrrole nitrogens is 1. The van der Waals surface area contributed by atoms with E-state index in [9.17, 15) is 9.59 Å². The molecule has 1 heterocycles. The maximum Gasteiger partial charge on any atom is 0.352 e. The average Bonchev–Trinajstić information content (AvgIpc) is 2.22. The Morgan fingerprint density at radius 1 is 1.25 bits per heavy atom. The Kier molecular flexibility index (Phi) is 2.61. The molecule has 6 heteroatoms. The van der Waals surface area contributed by atoms with Crippen LogP contribution in [0, 0.1) is 0 Å². The van der Waals surface area contributed by atoms with Crippen LogP contribution in [0.25, 0.3) is 10.9 Å². The summed E-state index contributed by atoms with van der Waals surface area (Å²) in [6, 6.07) is 3.96. The Balaban J connectivity index is 2.98. The first-order valence-corrected chi connectivity index (χ1v) is 5.00. The van der Waals surface area contributed by atoms with E-state index in [4.69, 9.17) is 28.3 Å². The second kappa shape index (κ2) is 3.81. The number of rotatable bonds is 1. The molecular weight excluding hydrogens is 253 g/mol. The van der Waals surface area contributed by atoms with Gasteiger partial charge in [-0.15, -0.1) is 0 Å². The lowest BCUT2D eigenvalue weighted by Crippen LogP contribution is -2.10. The zero-order valence-corrected chi connectivity index (χ0v) is 9.26. The average molecular weight is 258 g/mol. The fourth-order valence-electron chi connectivity index (χ4n) is 1.40. The molecule has 2 N–H and O–H groups in total. The van der Waals surface area contributed by atoms with Crippen LogP contribution in [0.3, 0.4) is 0 Å². The lowest BCUT2D eigenvalue weighted by molar-refractivity contribution is 0.0691. The summed E-state index contributed by atoms with van der Waals surface area (Å²) in [5.41, 5.74) is -0.459. The first-order valence-electron chi connectivity index (χ1n) is 4.25. The van der Waals surface area contributed by atoms with E-state index >= 15 is 0 Å². The normalized spacial score (nSPS) is 10.6. The molecule has 2 aromatic rings. The van der Waals surface area contributed by atoms with E-state index in [1.54, 1.807) is 0 Å². The van der Waals surface area contributed by atoms with Crippen molar-refractivity contribution in [3.05, 3.63) is 44.2 Å². The van der Waals surface area contributed by atoms with Crippen molar-refractivity contribution in [3.63, 3.8) is 0 Å². The molecule has 1 aromatic carbocycles. The van der Waals surface area contributed by atoms with Gasteiger partial charge in [-0.3, -0.25) is 4.79 Å². The predicted molar refractivity (Wildman–Crippen MR) is 61.5 cm³/mol. The quantitative estimate of drug-likeness (QED) is 0.825. The number of aromatic amines is 1. The third-order valence-corrected chi connectivity index (χ3v) is 2.75. The second-order valence-corrected chi connectivity index (χ2v) is 3.95. The Morgan fingerprint density at radius 3 is 2.50 bits per heavy atom. The van der Waals surface area contributed by atoms with Gasteiger partial charge in [-0.05, 0) is 12.1 Å². The maximum absolute atomic E-state index is 11.7. The summed E-state index contributed by atoms with van der Waals surface area (Å²) < 4.78 is 0. The van der Waals surface area contributed by atoms with Crippen molar-refractivity contribution in [2.24, 2.45) is 0 Å². The minimum atomic E-state index is -1.23. The van der Waals surface area contributed by atoms with Gasteiger partial charge in [0, 0.05) is 6.07 Å². The number of carbonyl (C=O) groups is 1. The number of aromatic nitrogens is 1. The molecule has 0 aliphatic carbocycles. The molecule has 0 aliphatic rings. The standard InChI is InChI=1S/C10H5Cl2NO3/c11-4-1-2-5(12)9-8(4)7(14)3-6(13-9)10(15)16/h1-3H,(H,13,14)(H,15,16). The van der Waals surface area contributed by atoms with Crippen molar-refractivity contribution >= 4 is 40.1 Å². The van der Waals surface area contributed by atoms with E-state index in [1.807, 2.05) is 0 Å². The van der Waals surface area contributed by atoms with Gasteiger partial charge in [0.1, 0.15) is 5.69 Å². The molecule has 0 radical (unpaired) electrons. The predicted octanol–water partition coefficient (Wildman–Crippen LogP) is 2.53. The van der Waals surface area contributed by atoms with E-state index in [2.05, 4.69) is 4.98 Å². The topological polar surface area (TPSA) is 70.2 Å². The Hall–Kier alpha value is -1.52. The fourth-order valence-corrected chi connectivity index (χ4v) is 1.86. The molecular formula is C10H5Cl2NO3. The number of pyridine rings is 1. The SMILES string of the molecule is O=C(O)c1cc(=O)c2c(Cl)ccc(Cl)c2[nH]1. The third-order valence-electron chi connectivity index (χ3n) is 2.12. The van der Waals surface area contributed by atoms with Gasteiger partial charge in [0.05, 0.1) is 20.9 Å². The summed E-state index contributed by atoms with van der Waals surface area (Å²) >= 11 is 11.7. The largest absolute Gasteiger partial charge is 0.477 e. The van der Waals surface area contributed by atoms with Crippen LogP contribution in [-0.2, 0) is 0 Å². The molecule has 2 rings (SSSR count). The van der Waals surface area contributed by atoms with Crippen LogP contribution in [0.15, 0.2) is 23.0 Å². The Morgan fingerprint density at radius 2 is 1.88 bits per heavy atom. The van der Waals surface area contributed by atoms with Crippen LogP contribution in [0.4, 0.5) is 0 Å². The van der Waals surface area contributed by atoms with Crippen LogP contribution in [0.5, 0.6) is 0 Å². The lowest BCUT2D eigenvalue weighted by Gasteiger charge is -2.03. The number of carboxylic acid groups (broad SMARTS) is 1. The highest BCUT2D eigenvalue weighted by Crippen LogP contribution is 2.25. The van der Waals surface area contributed by atoms with Crippen molar-refractivity contribution in [1.82, 2.24) is 4.98 Å². The monoisotopic (exact) mass is 257 g/mol. The van der Waals surface area contributed by atoms with E-state index in [0.717, 1.165) is 6.07 Å². The van der Waals surface area contributed by atoms with Gasteiger partial charge in [-0.2, -0.15) is 0 Å². The summed E-state index contributed by atoms with van der Waals surface area (Å²) in [7, 11) is 0. The van der Waals surface area contributed by atoms with Crippen LogP contribution in [-0.4, -0.2) is 16.1 Å². The number of hydrogen-bond donors (Lipinski definition) is 2. The van der Waals surface area contributed by atoms with Gasteiger partial charge in [-0.25, -0.2) is 4.79 Å². The van der Waals surface area contributed by atoms with Crippen molar-refractivity contribution < 1.29 is 9.90 Å². The highest BCUT2D eigenvalue weighted by atomic mass is 35.5. The Bertz CT molecular complexity index is 648. The number of hydrogen-bond acceptors (Lipinski definition) is 2. The van der Waals surface area contributed by atoms with Crippen LogP contribution in [0.2, 0.25) is 10.0 Å². The van der Waals surface area contributed by atoms with E-state index in [-0.39, 0.29) is 26.6 Å². The molecule has 0 spiro atoms. The molecule has 4 nitrogen and oxygen atoms in total. The molecule has 0 bridgehead atoms. The second-order valence-electron chi connectivity index (χ2n) is 3.13. The van der Waals surface area contributed by atoms with E-state index in [0.29, 0.717) is 0 Å². The number of halogens is 2. The van der Waals surface area contributed by atoms with Crippen molar-refractivity contribution in [2.75, 3.05) is 0 Å². The molecule has 0 saturated carbocycles. The summed E-state index contributed by atoms with van der Waals surface area (Å²) in [5, 5.41) is 9.46. The zero-order chi connectivity index (χ0) is 11.9. The van der Waals surface area contributed by atoms with Crippen molar-refractivity contribution in [3.8, 4) is 0 Å². The van der Waals surface area contributed by atoms with Gasteiger partial charge in [0.25, 0.3) is 0 Å². The van der Waals surface area contributed by atoms with Crippen LogP contribution in [0.1, 0.15) is 10.5 Å². The van der Waals surface area contributed by atoms with E-state index in [1.165, 1.54) is 12.1 Å². The molecule has 0 atom stereocenters. The molecule has 0 saturated heterocycles. The number of carboxylic acids is 1. The molecule has 0 aliphatic heterocycles. The van der Waals surface area contributed by atoms with Crippen LogP contribution < -0.4 is 5.43 Å². The van der Waals surface area contributed by atoms with Gasteiger partial charge >= 0.3 is 5.97 Å². The van der Waals surface area contributed by atoms with Gasteiger partial charge in [0.2, 0.25) is 0 Å². The van der Waals surface area contributed by atoms with Crippen molar-refractivity contribution in [2.45, 2.75) is 0 Å². The summed E-state index contributed by atoms with van der Waals surface area (Å²) in [4.78, 5) is 25.0. The number of aromatic carboxylic acids is 1. The zero-order valence-electron chi connectivity index (χ0n) is 7.75. The molecule has 0 fully saturated rings. The van der Waals surface area contributed by atoms with Gasteiger partial charge in [-0.1, -0.05) is 23.2 Å². The third kappa shape index (κ3) is 1.66. The highest BCUT2D eigenvalue weighted by molar-refractivity contribution is 6.39. The minimum absolute atomic E-state index is 0.194. The van der Waals surface area contributed by atoms with Crippen LogP contribution >= 0.6 is 23.2 Å². The molecule has 0 unspecified atom stereocenters. The summed E-state index contributed by atoms with van der Waals surface area (Å²) in [6.45, 7) is 0. The maximum atomic E-state index is 11.7. The minimum Gasteiger partial charge on any atom is -0.477 e. The molecule has 1 aromatic heterocycles. The molecule has 0 amide bonds. The first-order chi connectivity index (χ1) is 7.50. The summed E-state index contributed by atoms with van der Waals surface area (Å²) in [5.74, 6) is -1.23. The van der Waals surface area contributed by atoms with Gasteiger partial charge < -0.3 is 10.1 Å². The molecule has 82 valence electrons.